The maximum atomic E-state index is 12.7. The largest absolute Gasteiger partial charge is 0.462 e. The Morgan fingerprint density at radius 3 is 2.29 bits per heavy atom. The lowest BCUT2D eigenvalue weighted by Crippen LogP contribution is -2.19. The number of hydrogen-bond acceptors (Lipinski definition) is 8. The number of aromatic nitrogens is 1. The van der Waals surface area contributed by atoms with Crippen molar-refractivity contribution in [2.24, 2.45) is 0 Å². The Labute approximate surface area is 178 Å². The van der Waals surface area contributed by atoms with Gasteiger partial charge < -0.3 is 18.4 Å². The molecule has 0 radical (unpaired) electrons. The number of anilines is 1. The number of furan rings is 1. The quantitative estimate of drug-likeness (QED) is 0.563. The van der Waals surface area contributed by atoms with Crippen LogP contribution in [0, 0.1) is 20.8 Å². The lowest BCUT2D eigenvalue weighted by Gasteiger charge is -2.07. The van der Waals surface area contributed by atoms with Gasteiger partial charge in [-0.2, -0.15) is 0 Å². The predicted octanol–water partition coefficient (Wildman–Crippen LogP) is 3.88. The predicted molar refractivity (Wildman–Crippen MR) is 111 cm³/mol. The number of nitrogens with one attached hydrogen (secondary N) is 1. The first kappa shape index (κ1) is 22.1. The first-order valence-corrected chi connectivity index (χ1v) is 9.89. The highest BCUT2D eigenvalue weighted by atomic mass is 16.5. The molecule has 1 aromatic carbocycles. The van der Waals surface area contributed by atoms with Gasteiger partial charge in [0, 0.05) is 5.39 Å². The Morgan fingerprint density at radius 2 is 1.65 bits per heavy atom. The van der Waals surface area contributed by atoms with Crippen LogP contribution in [0.2, 0.25) is 0 Å². The minimum absolute atomic E-state index is 0.0752. The molecule has 0 saturated carbocycles. The number of carbonyl (C=O) groups is 3. The molecule has 0 unspecified atom stereocenters. The average Bonchev–Trinajstić information content (AvgIpc) is 3.22. The lowest BCUT2D eigenvalue weighted by atomic mass is 10.0. The van der Waals surface area contributed by atoms with Crippen molar-refractivity contribution in [1.29, 1.82) is 0 Å². The Bertz CT molecular complexity index is 1160. The second-order valence-electron chi connectivity index (χ2n) is 6.99. The Morgan fingerprint density at radius 1 is 1.00 bits per heavy atom. The molecule has 3 aromatic rings. The minimum Gasteiger partial charge on any atom is -0.462 e. The molecule has 3 rings (SSSR count). The van der Waals surface area contributed by atoms with E-state index in [0.717, 1.165) is 16.5 Å². The summed E-state index contributed by atoms with van der Waals surface area (Å²) < 4.78 is 20.9. The van der Waals surface area contributed by atoms with Gasteiger partial charge in [0.15, 0.2) is 5.58 Å². The first-order valence-electron chi connectivity index (χ1n) is 9.89. The fourth-order valence-electron chi connectivity index (χ4n) is 3.44. The van der Waals surface area contributed by atoms with Crippen molar-refractivity contribution in [3.05, 3.63) is 45.8 Å². The van der Waals surface area contributed by atoms with Crippen LogP contribution in [-0.4, -0.2) is 36.2 Å². The molecular weight excluding hydrogens is 404 g/mol. The molecule has 0 saturated heterocycles. The van der Waals surface area contributed by atoms with Gasteiger partial charge in [-0.25, -0.2) is 9.59 Å². The number of rotatable bonds is 7. The highest BCUT2D eigenvalue weighted by Crippen LogP contribution is 2.30. The van der Waals surface area contributed by atoms with E-state index in [0.29, 0.717) is 11.3 Å². The van der Waals surface area contributed by atoms with Gasteiger partial charge in [0.2, 0.25) is 11.8 Å². The maximum Gasteiger partial charge on any atom is 0.344 e. The topological polar surface area (TPSA) is 121 Å². The summed E-state index contributed by atoms with van der Waals surface area (Å²) in [6.45, 7) is 8.83. The molecule has 2 heterocycles. The van der Waals surface area contributed by atoms with Crippen molar-refractivity contribution in [3.63, 3.8) is 0 Å². The number of hydrogen-bond donors (Lipinski definition) is 1. The number of esters is 2. The molecule has 31 heavy (non-hydrogen) atoms. The van der Waals surface area contributed by atoms with Crippen LogP contribution in [0.1, 0.15) is 57.1 Å². The van der Waals surface area contributed by atoms with E-state index in [9.17, 15) is 14.4 Å². The van der Waals surface area contributed by atoms with Crippen molar-refractivity contribution in [3.8, 4) is 0 Å². The molecule has 1 N–H and O–H groups in total. The number of benzene rings is 1. The van der Waals surface area contributed by atoms with Crippen LogP contribution < -0.4 is 5.32 Å². The summed E-state index contributed by atoms with van der Waals surface area (Å²) >= 11 is 0. The summed E-state index contributed by atoms with van der Waals surface area (Å²) in [4.78, 5) is 37.6. The van der Waals surface area contributed by atoms with E-state index >= 15 is 0 Å². The number of nitrogens with zero attached hydrogens (tertiary/aromatic N) is 1. The monoisotopic (exact) mass is 428 g/mol. The van der Waals surface area contributed by atoms with Gasteiger partial charge in [-0.3, -0.25) is 10.1 Å². The Balaban J connectivity index is 1.91. The Kier molecular flexibility index (Phi) is 6.43. The number of fused-ring (bicyclic) bond motifs is 1. The third-order valence-corrected chi connectivity index (χ3v) is 4.61. The molecule has 0 aliphatic heterocycles. The number of ether oxygens (including phenoxy) is 2. The van der Waals surface area contributed by atoms with E-state index in [2.05, 4.69) is 10.5 Å². The summed E-state index contributed by atoms with van der Waals surface area (Å²) in [6, 6.07) is 3.82. The molecule has 2 aromatic heterocycles. The van der Waals surface area contributed by atoms with Crippen LogP contribution in [0.4, 0.5) is 5.88 Å². The maximum absolute atomic E-state index is 12.7. The fraction of sp³-hybridized carbons (Fsp3) is 0.364. The summed E-state index contributed by atoms with van der Waals surface area (Å²) in [5.41, 5.74) is 2.75. The number of amides is 1. The van der Waals surface area contributed by atoms with Crippen LogP contribution in [0.15, 0.2) is 21.1 Å². The van der Waals surface area contributed by atoms with Crippen molar-refractivity contribution in [1.82, 2.24) is 5.16 Å². The van der Waals surface area contributed by atoms with E-state index in [4.69, 9.17) is 18.4 Å². The standard InChI is InChI=1S/C22H24N2O7/c1-6-28-21(26)18-13(5)30-20(19(18)22(27)29-7-2)23-16(25)10-14-17-12(4)8-11(3)9-15(17)31-24-14/h8-9H,6-7,10H2,1-5H3,(H,23,25). The van der Waals surface area contributed by atoms with Gasteiger partial charge in [-0.05, 0) is 51.8 Å². The number of carbonyl (C=O) groups excluding carboxylic acids is 3. The normalized spacial score (nSPS) is 10.9. The molecule has 0 fully saturated rings. The summed E-state index contributed by atoms with van der Waals surface area (Å²) in [5, 5.41) is 7.31. The molecule has 9 nitrogen and oxygen atoms in total. The average molecular weight is 428 g/mol. The smallest absolute Gasteiger partial charge is 0.344 e. The summed E-state index contributed by atoms with van der Waals surface area (Å²) in [6.07, 6.45) is -0.117. The third kappa shape index (κ3) is 4.45. The van der Waals surface area contributed by atoms with Crippen molar-refractivity contribution < 1.29 is 32.8 Å². The fourth-order valence-corrected chi connectivity index (χ4v) is 3.44. The molecule has 1 amide bonds. The van der Waals surface area contributed by atoms with Crippen molar-refractivity contribution in [2.45, 2.75) is 41.0 Å². The van der Waals surface area contributed by atoms with Crippen LogP contribution in [0.3, 0.4) is 0 Å². The van der Waals surface area contributed by atoms with Crippen molar-refractivity contribution in [2.75, 3.05) is 18.5 Å². The molecule has 0 bridgehead atoms. The van der Waals surface area contributed by atoms with Gasteiger partial charge in [-0.1, -0.05) is 11.2 Å². The van der Waals surface area contributed by atoms with Gasteiger partial charge in [0.05, 0.1) is 19.6 Å². The summed E-state index contributed by atoms with van der Waals surface area (Å²) in [5.74, 6) is -2.07. The van der Waals surface area contributed by atoms with E-state index in [1.165, 1.54) is 6.92 Å². The second kappa shape index (κ2) is 9.03. The zero-order valence-corrected chi connectivity index (χ0v) is 18.1. The van der Waals surface area contributed by atoms with E-state index < -0.39 is 17.8 Å². The SMILES string of the molecule is CCOC(=O)c1c(C)oc(NC(=O)Cc2noc3cc(C)cc(C)c23)c1C(=O)OCC. The van der Waals surface area contributed by atoms with Gasteiger partial charge >= 0.3 is 11.9 Å². The minimum atomic E-state index is -0.795. The van der Waals surface area contributed by atoms with Crippen LogP contribution in [0.5, 0.6) is 0 Å². The van der Waals surface area contributed by atoms with Crippen LogP contribution in [0.25, 0.3) is 11.0 Å². The van der Waals surface area contributed by atoms with Crippen LogP contribution in [-0.2, 0) is 20.7 Å². The highest BCUT2D eigenvalue weighted by molar-refractivity contribution is 6.09. The zero-order valence-electron chi connectivity index (χ0n) is 18.1. The highest BCUT2D eigenvalue weighted by Gasteiger charge is 2.31. The second-order valence-corrected chi connectivity index (χ2v) is 6.99. The molecule has 9 heteroatoms. The molecule has 0 spiro atoms. The van der Waals surface area contributed by atoms with Crippen molar-refractivity contribution >= 4 is 34.7 Å². The van der Waals surface area contributed by atoms with Crippen LogP contribution >= 0.6 is 0 Å². The van der Waals surface area contributed by atoms with E-state index in [-0.39, 0.29) is 42.4 Å². The van der Waals surface area contributed by atoms with E-state index in [1.807, 2.05) is 26.0 Å². The first-order chi connectivity index (χ1) is 14.8. The van der Waals surface area contributed by atoms with Gasteiger partial charge in [-0.15, -0.1) is 0 Å². The molecule has 0 aliphatic carbocycles. The zero-order chi connectivity index (χ0) is 22.7. The molecular formula is C22H24N2O7. The summed E-state index contributed by atoms with van der Waals surface area (Å²) in [7, 11) is 0. The molecule has 0 atom stereocenters. The van der Waals surface area contributed by atoms with Gasteiger partial charge in [0.25, 0.3) is 0 Å². The molecule has 0 aliphatic rings. The molecule has 164 valence electrons. The van der Waals surface area contributed by atoms with E-state index in [1.54, 1.807) is 13.8 Å². The Hall–Kier alpha value is -3.62. The number of aryl methyl sites for hydroxylation is 3. The lowest BCUT2D eigenvalue weighted by molar-refractivity contribution is -0.115. The third-order valence-electron chi connectivity index (χ3n) is 4.61. The van der Waals surface area contributed by atoms with Gasteiger partial charge in [0.1, 0.15) is 22.6 Å².